The van der Waals surface area contributed by atoms with Crippen LogP contribution in [0, 0.1) is 6.92 Å². The Morgan fingerprint density at radius 2 is 1.83 bits per heavy atom. The number of ether oxygens (including phenoxy) is 2. The molecule has 0 bridgehead atoms. The van der Waals surface area contributed by atoms with Crippen molar-refractivity contribution >= 4 is 5.96 Å². The summed E-state index contributed by atoms with van der Waals surface area (Å²) in [5.41, 5.74) is 1.00. The first kappa shape index (κ1) is 20.3. The zero-order valence-electron chi connectivity index (χ0n) is 15.8. The van der Waals surface area contributed by atoms with Crippen LogP contribution in [0.15, 0.2) is 29.3 Å². The summed E-state index contributed by atoms with van der Waals surface area (Å²) >= 11 is 0. The molecule has 5 heteroatoms. The largest absolute Gasteiger partial charge is 0.494 e. The molecule has 0 atom stereocenters. The lowest BCUT2D eigenvalue weighted by Crippen LogP contribution is -2.39. The fourth-order valence-electron chi connectivity index (χ4n) is 1.93. The zero-order chi connectivity index (χ0) is 17.8. The summed E-state index contributed by atoms with van der Waals surface area (Å²) in [5.74, 6) is 1.77. The minimum absolute atomic E-state index is 0.246. The topological polar surface area (TPSA) is 54.9 Å². The summed E-state index contributed by atoms with van der Waals surface area (Å²) < 4.78 is 11.1. The van der Waals surface area contributed by atoms with Crippen LogP contribution >= 0.6 is 0 Å². The summed E-state index contributed by atoms with van der Waals surface area (Å²) in [6.45, 7) is 11.3. The maximum Gasteiger partial charge on any atom is 0.191 e. The smallest absolute Gasteiger partial charge is 0.191 e. The minimum Gasteiger partial charge on any atom is -0.494 e. The van der Waals surface area contributed by atoms with Gasteiger partial charge >= 0.3 is 0 Å². The molecule has 0 aliphatic heterocycles. The van der Waals surface area contributed by atoms with Crippen LogP contribution in [0.2, 0.25) is 0 Å². The van der Waals surface area contributed by atoms with E-state index in [1.54, 1.807) is 7.11 Å². The molecule has 0 spiro atoms. The molecular weight excluding hydrogens is 302 g/mol. The Hall–Kier alpha value is -1.75. The molecular formula is C19H33N3O2. The maximum atomic E-state index is 5.73. The number of nitrogens with one attached hydrogen (secondary N) is 2. The second kappa shape index (κ2) is 10.9. The number of hydrogen-bond acceptors (Lipinski definition) is 3. The molecule has 0 unspecified atom stereocenters. The van der Waals surface area contributed by atoms with Gasteiger partial charge in [-0.2, -0.15) is 0 Å². The average Bonchev–Trinajstić information content (AvgIpc) is 2.57. The lowest BCUT2D eigenvalue weighted by molar-refractivity contribution is 0.0310. The van der Waals surface area contributed by atoms with Gasteiger partial charge in [-0.1, -0.05) is 17.7 Å². The summed E-state index contributed by atoms with van der Waals surface area (Å²) in [4.78, 5) is 4.57. The van der Waals surface area contributed by atoms with E-state index in [2.05, 4.69) is 41.6 Å². The highest BCUT2D eigenvalue weighted by atomic mass is 16.5. The van der Waals surface area contributed by atoms with Gasteiger partial charge < -0.3 is 20.1 Å². The zero-order valence-corrected chi connectivity index (χ0v) is 15.8. The van der Waals surface area contributed by atoms with Crippen LogP contribution in [0.3, 0.4) is 0 Å². The number of nitrogens with zero attached hydrogens (tertiary/aromatic N) is 1. The van der Waals surface area contributed by atoms with E-state index in [0.29, 0.717) is 6.54 Å². The molecule has 1 aromatic carbocycles. The number of methoxy groups -OCH3 is 1. The highest BCUT2D eigenvalue weighted by Crippen LogP contribution is 2.11. The molecule has 1 aromatic rings. The van der Waals surface area contributed by atoms with E-state index in [9.17, 15) is 0 Å². The highest BCUT2D eigenvalue weighted by molar-refractivity contribution is 5.79. The summed E-state index contributed by atoms with van der Waals surface area (Å²) in [6, 6.07) is 8.16. The lowest BCUT2D eigenvalue weighted by Gasteiger charge is -2.21. The van der Waals surface area contributed by atoms with E-state index in [0.717, 1.165) is 44.2 Å². The number of benzene rings is 1. The molecule has 24 heavy (non-hydrogen) atoms. The van der Waals surface area contributed by atoms with Crippen LogP contribution < -0.4 is 15.4 Å². The quantitative estimate of drug-likeness (QED) is 0.392. The molecule has 0 saturated carbocycles. The average molecular weight is 335 g/mol. The third-order valence-electron chi connectivity index (χ3n) is 3.67. The van der Waals surface area contributed by atoms with Crippen LogP contribution in [-0.4, -0.2) is 44.9 Å². The number of aryl methyl sites for hydroxylation is 1. The first-order chi connectivity index (χ1) is 11.5. The van der Waals surface area contributed by atoms with Crippen LogP contribution in [-0.2, 0) is 4.74 Å². The summed E-state index contributed by atoms with van der Waals surface area (Å²) in [6.07, 6.45) is 2.04. The third-order valence-corrected chi connectivity index (χ3v) is 3.67. The van der Waals surface area contributed by atoms with Crippen molar-refractivity contribution in [2.45, 2.75) is 46.1 Å². The lowest BCUT2D eigenvalue weighted by atomic mass is 10.1. The standard InChI is InChI=1S/C19H33N3O2/c1-6-20-18(22-15-19(3,4)23-5)21-13-7-8-14-24-17-11-9-16(2)10-12-17/h9-12H,6-8,13-15H2,1-5H3,(H2,20,21,22). The number of rotatable bonds is 10. The molecule has 0 saturated heterocycles. The van der Waals surface area contributed by atoms with Crippen molar-refractivity contribution in [3.8, 4) is 5.75 Å². The van der Waals surface area contributed by atoms with E-state index >= 15 is 0 Å². The molecule has 0 fully saturated rings. The Bertz CT molecular complexity index is 484. The van der Waals surface area contributed by atoms with Crippen molar-refractivity contribution in [2.24, 2.45) is 4.99 Å². The molecule has 0 aliphatic carbocycles. The van der Waals surface area contributed by atoms with Crippen molar-refractivity contribution in [3.05, 3.63) is 29.8 Å². The molecule has 0 aliphatic rings. The molecule has 0 heterocycles. The van der Waals surface area contributed by atoms with Crippen LogP contribution in [0.1, 0.15) is 39.2 Å². The Morgan fingerprint density at radius 3 is 2.46 bits per heavy atom. The van der Waals surface area contributed by atoms with Gasteiger partial charge in [0, 0.05) is 20.2 Å². The second-order valence-electron chi connectivity index (χ2n) is 6.45. The van der Waals surface area contributed by atoms with Gasteiger partial charge in [0.25, 0.3) is 0 Å². The van der Waals surface area contributed by atoms with Gasteiger partial charge in [-0.15, -0.1) is 0 Å². The minimum atomic E-state index is -0.246. The van der Waals surface area contributed by atoms with Gasteiger partial charge in [-0.25, -0.2) is 0 Å². The Labute approximate surface area is 146 Å². The first-order valence-corrected chi connectivity index (χ1v) is 8.73. The van der Waals surface area contributed by atoms with Crippen LogP contribution in [0.4, 0.5) is 0 Å². The van der Waals surface area contributed by atoms with Crippen molar-refractivity contribution in [1.82, 2.24) is 10.6 Å². The predicted octanol–water partition coefficient (Wildman–Crippen LogP) is 3.13. The van der Waals surface area contributed by atoms with Gasteiger partial charge in [0.05, 0.1) is 18.8 Å². The van der Waals surface area contributed by atoms with E-state index in [1.807, 2.05) is 26.0 Å². The number of aliphatic imine (C=N–C) groups is 1. The Morgan fingerprint density at radius 1 is 1.12 bits per heavy atom. The molecule has 136 valence electrons. The van der Waals surface area contributed by atoms with Crippen molar-refractivity contribution in [1.29, 1.82) is 0 Å². The van der Waals surface area contributed by atoms with Gasteiger partial charge in [0.15, 0.2) is 5.96 Å². The summed E-state index contributed by atoms with van der Waals surface area (Å²) in [7, 11) is 1.71. The van der Waals surface area contributed by atoms with E-state index in [1.165, 1.54) is 5.56 Å². The van der Waals surface area contributed by atoms with E-state index in [-0.39, 0.29) is 5.60 Å². The van der Waals surface area contributed by atoms with E-state index in [4.69, 9.17) is 9.47 Å². The van der Waals surface area contributed by atoms with Gasteiger partial charge in [-0.05, 0) is 52.7 Å². The van der Waals surface area contributed by atoms with Crippen LogP contribution in [0.25, 0.3) is 0 Å². The predicted molar refractivity (Wildman–Crippen MR) is 101 cm³/mol. The SMILES string of the molecule is CCNC(=NCC(C)(C)OC)NCCCCOc1ccc(C)cc1. The number of unbranched alkanes of at least 4 members (excludes halogenated alkanes) is 1. The second-order valence-corrected chi connectivity index (χ2v) is 6.45. The molecule has 0 aromatic heterocycles. The van der Waals surface area contributed by atoms with Crippen molar-refractivity contribution in [2.75, 3.05) is 33.4 Å². The van der Waals surface area contributed by atoms with E-state index < -0.39 is 0 Å². The van der Waals surface area contributed by atoms with Gasteiger partial charge in [0.1, 0.15) is 5.75 Å². The normalized spacial score (nSPS) is 12.1. The molecule has 0 amide bonds. The fraction of sp³-hybridized carbons (Fsp3) is 0.632. The van der Waals surface area contributed by atoms with Crippen molar-refractivity contribution in [3.63, 3.8) is 0 Å². The maximum absolute atomic E-state index is 5.73. The molecule has 1 rings (SSSR count). The number of guanidine groups is 1. The van der Waals surface area contributed by atoms with Gasteiger partial charge in [0.2, 0.25) is 0 Å². The fourth-order valence-corrected chi connectivity index (χ4v) is 1.93. The molecule has 2 N–H and O–H groups in total. The number of hydrogen-bond donors (Lipinski definition) is 2. The van der Waals surface area contributed by atoms with Crippen LogP contribution in [0.5, 0.6) is 5.75 Å². The molecule has 5 nitrogen and oxygen atoms in total. The summed E-state index contributed by atoms with van der Waals surface area (Å²) in [5, 5.41) is 6.60. The first-order valence-electron chi connectivity index (χ1n) is 8.73. The molecule has 0 radical (unpaired) electrons. The van der Waals surface area contributed by atoms with Crippen molar-refractivity contribution < 1.29 is 9.47 Å². The third kappa shape index (κ3) is 8.77. The highest BCUT2D eigenvalue weighted by Gasteiger charge is 2.15. The monoisotopic (exact) mass is 335 g/mol. The van der Waals surface area contributed by atoms with Gasteiger partial charge in [-0.3, -0.25) is 4.99 Å². The Balaban J connectivity index is 2.22. The Kier molecular flexibility index (Phi) is 9.23.